The molecule has 3 aliphatic rings. The minimum atomic E-state index is -3.81. The van der Waals surface area contributed by atoms with Gasteiger partial charge >= 0.3 is 0 Å². The molecule has 3 heterocycles. The van der Waals surface area contributed by atoms with Crippen molar-refractivity contribution in [1.29, 1.82) is 0 Å². The molecular weight excluding hydrogens is 444 g/mol. The van der Waals surface area contributed by atoms with Crippen LogP contribution in [-0.2, 0) is 19.6 Å². The first-order chi connectivity index (χ1) is 15.7. The second-order valence-corrected chi connectivity index (χ2v) is 11.1. The zero-order chi connectivity index (χ0) is 23.8. The van der Waals surface area contributed by atoms with Gasteiger partial charge in [-0.2, -0.15) is 4.31 Å². The molecule has 0 spiro atoms. The first-order valence-electron chi connectivity index (χ1n) is 11.8. The van der Waals surface area contributed by atoms with Crippen LogP contribution < -0.4 is 15.4 Å². The van der Waals surface area contributed by atoms with Crippen LogP contribution in [0.3, 0.4) is 0 Å². The lowest BCUT2D eigenvalue weighted by Crippen LogP contribution is -2.47. The minimum Gasteiger partial charge on any atom is -0.479 e. The highest BCUT2D eigenvalue weighted by atomic mass is 32.2. The van der Waals surface area contributed by atoms with Crippen molar-refractivity contribution < 1.29 is 22.7 Å². The number of hydrogen-bond acceptors (Lipinski definition) is 6. The van der Waals surface area contributed by atoms with E-state index < -0.39 is 16.1 Å². The third kappa shape index (κ3) is 4.88. The number of fused-ring (bicyclic) bond motifs is 1. The topological polar surface area (TPSA) is 108 Å². The summed E-state index contributed by atoms with van der Waals surface area (Å²) in [6.07, 6.45) is 2.85. The van der Waals surface area contributed by atoms with E-state index in [0.29, 0.717) is 49.0 Å². The summed E-state index contributed by atoms with van der Waals surface area (Å²) in [6.45, 7) is 8.65. The quantitative estimate of drug-likeness (QED) is 0.645. The molecule has 0 saturated carbocycles. The zero-order valence-corrected chi connectivity index (χ0v) is 20.4. The van der Waals surface area contributed by atoms with E-state index in [4.69, 9.17) is 4.74 Å². The van der Waals surface area contributed by atoms with Crippen molar-refractivity contribution in [2.24, 2.45) is 5.92 Å². The number of likely N-dealkylation sites (N-methyl/N-ethyl adjacent to an activating group) is 1. The number of nitrogens with one attached hydrogen (secondary N) is 2. The number of nitrogens with zero attached hydrogens (tertiary/aromatic N) is 2. The summed E-state index contributed by atoms with van der Waals surface area (Å²) < 4.78 is 34.0. The molecule has 1 aromatic carbocycles. The van der Waals surface area contributed by atoms with Gasteiger partial charge in [0.05, 0.1) is 16.5 Å². The van der Waals surface area contributed by atoms with Gasteiger partial charge in [0, 0.05) is 31.7 Å². The van der Waals surface area contributed by atoms with Gasteiger partial charge in [-0.1, -0.05) is 6.92 Å². The summed E-state index contributed by atoms with van der Waals surface area (Å²) in [7, 11) is -3.81. The lowest BCUT2D eigenvalue weighted by Gasteiger charge is -2.32. The molecule has 0 aromatic heterocycles. The summed E-state index contributed by atoms with van der Waals surface area (Å²) in [5, 5.41) is 5.82. The molecular formula is C23H34N4O5S. The summed E-state index contributed by atoms with van der Waals surface area (Å²) in [4.78, 5) is 27.3. The third-order valence-electron chi connectivity index (χ3n) is 7.00. The van der Waals surface area contributed by atoms with Gasteiger partial charge < -0.3 is 15.4 Å². The maximum absolute atomic E-state index is 13.5. The van der Waals surface area contributed by atoms with Crippen molar-refractivity contribution in [2.75, 3.05) is 38.0 Å². The molecule has 0 bridgehead atoms. The Labute approximate surface area is 195 Å². The SMILES string of the molecule is CCN1CCC[C@@H]1CNC(=O)[C@H]1CCCN(S(=O)(=O)c2cc3c(cc2C)NC(=O)[C@@H](C)O3)C1. The lowest BCUT2D eigenvalue weighted by atomic mass is 9.98. The Morgan fingerprint density at radius 3 is 2.76 bits per heavy atom. The number of likely N-dealkylation sites (tertiary alicyclic amines) is 1. The van der Waals surface area contributed by atoms with Gasteiger partial charge in [0.25, 0.3) is 5.91 Å². The molecule has 2 N–H and O–H groups in total. The largest absolute Gasteiger partial charge is 0.479 e. The number of aryl methyl sites for hydroxylation is 1. The fraction of sp³-hybridized carbons (Fsp3) is 0.652. The maximum atomic E-state index is 13.5. The van der Waals surface area contributed by atoms with E-state index in [9.17, 15) is 18.0 Å². The third-order valence-corrected chi connectivity index (χ3v) is 9.01. The Kier molecular flexibility index (Phi) is 6.97. The normalized spacial score (nSPS) is 26.4. The van der Waals surface area contributed by atoms with Gasteiger partial charge in [-0.3, -0.25) is 14.5 Å². The second kappa shape index (κ2) is 9.60. The molecule has 4 rings (SSSR count). The molecule has 3 atom stereocenters. The Morgan fingerprint density at radius 1 is 1.24 bits per heavy atom. The molecule has 1 aromatic rings. The molecule has 0 aliphatic carbocycles. The van der Waals surface area contributed by atoms with Gasteiger partial charge in [-0.25, -0.2) is 8.42 Å². The first-order valence-corrected chi connectivity index (χ1v) is 13.3. The molecule has 0 radical (unpaired) electrons. The molecule has 182 valence electrons. The van der Waals surface area contributed by atoms with E-state index in [-0.39, 0.29) is 29.2 Å². The Bertz CT molecular complexity index is 1030. The molecule has 10 heteroatoms. The average molecular weight is 479 g/mol. The van der Waals surface area contributed by atoms with Crippen molar-refractivity contribution >= 4 is 27.5 Å². The van der Waals surface area contributed by atoms with E-state index in [2.05, 4.69) is 22.5 Å². The van der Waals surface area contributed by atoms with Crippen LogP contribution in [0.15, 0.2) is 17.0 Å². The smallest absolute Gasteiger partial charge is 0.265 e. The van der Waals surface area contributed by atoms with E-state index in [1.54, 1.807) is 19.9 Å². The van der Waals surface area contributed by atoms with E-state index in [1.165, 1.54) is 10.4 Å². The predicted octanol–water partition coefficient (Wildman–Crippen LogP) is 1.72. The van der Waals surface area contributed by atoms with Gasteiger partial charge in [0.15, 0.2) is 6.10 Å². The molecule has 3 aliphatic heterocycles. The number of piperidine rings is 1. The van der Waals surface area contributed by atoms with Crippen molar-refractivity contribution in [3.05, 3.63) is 17.7 Å². The van der Waals surface area contributed by atoms with Crippen LogP contribution in [0, 0.1) is 12.8 Å². The van der Waals surface area contributed by atoms with Crippen molar-refractivity contribution in [3.63, 3.8) is 0 Å². The van der Waals surface area contributed by atoms with Crippen LogP contribution >= 0.6 is 0 Å². The van der Waals surface area contributed by atoms with E-state index in [1.807, 2.05) is 0 Å². The van der Waals surface area contributed by atoms with Crippen LogP contribution in [0.25, 0.3) is 0 Å². The minimum absolute atomic E-state index is 0.0695. The van der Waals surface area contributed by atoms with Crippen LogP contribution in [0.4, 0.5) is 5.69 Å². The van der Waals surface area contributed by atoms with Crippen LogP contribution in [-0.4, -0.2) is 74.3 Å². The molecule has 2 saturated heterocycles. The highest BCUT2D eigenvalue weighted by Crippen LogP contribution is 2.36. The van der Waals surface area contributed by atoms with Gasteiger partial charge in [-0.05, 0) is 64.3 Å². The molecule has 0 unspecified atom stereocenters. The summed E-state index contributed by atoms with van der Waals surface area (Å²) in [5.41, 5.74) is 0.998. The molecule has 9 nitrogen and oxygen atoms in total. The van der Waals surface area contributed by atoms with E-state index in [0.717, 1.165) is 25.9 Å². The molecule has 33 heavy (non-hydrogen) atoms. The van der Waals surface area contributed by atoms with Gasteiger partial charge in [0.1, 0.15) is 5.75 Å². The average Bonchev–Trinajstić information content (AvgIpc) is 3.26. The van der Waals surface area contributed by atoms with Gasteiger partial charge in [-0.15, -0.1) is 0 Å². The molecule has 2 fully saturated rings. The number of amides is 2. The van der Waals surface area contributed by atoms with E-state index >= 15 is 0 Å². The lowest BCUT2D eigenvalue weighted by molar-refractivity contribution is -0.126. The Hall–Kier alpha value is -2.17. The monoisotopic (exact) mass is 478 g/mol. The number of hydrogen-bond donors (Lipinski definition) is 2. The van der Waals surface area contributed by atoms with Crippen molar-refractivity contribution in [1.82, 2.24) is 14.5 Å². The summed E-state index contributed by atoms with van der Waals surface area (Å²) in [5.74, 6) is -0.352. The second-order valence-electron chi connectivity index (χ2n) is 9.24. The number of ether oxygens (including phenoxy) is 1. The van der Waals surface area contributed by atoms with Crippen molar-refractivity contribution in [3.8, 4) is 5.75 Å². The summed E-state index contributed by atoms with van der Waals surface area (Å²) >= 11 is 0. The number of carbonyl (C=O) groups is 2. The number of sulfonamides is 1. The van der Waals surface area contributed by atoms with Crippen LogP contribution in [0.5, 0.6) is 5.75 Å². The maximum Gasteiger partial charge on any atom is 0.265 e. The number of carbonyl (C=O) groups excluding carboxylic acids is 2. The van der Waals surface area contributed by atoms with Gasteiger partial charge in [0.2, 0.25) is 15.9 Å². The number of rotatable bonds is 6. The van der Waals surface area contributed by atoms with Crippen LogP contribution in [0.1, 0.15) is 45.1 Å². The standard InChI is InChI=1S/C23H34N4O5S/c1-4-26-9-6-8-18(26)13-24-23(29)17-7-5-10-27(14-17)33(30,31)21-12-20-19(11-15(21)2)25-22(28)16(3)32-20/h11-12,16-18H,4-10,13-14H2,1-3H3,(H,24,29)(H,25,28)/t16-,17+,18-/m1/s1. The molecule has 2 amide bonds. The zero-order valence-electron chi connectivity index (χ0n) is 19.6. The van der Waals surface area contributed by atoms with Crippen molar-refractivity contribution in [2.45, 2.75) is 63.5 Å². The highest BCUT2D eigenvalue weighted by Gasteiger charge is 2.36. The first kappa shape index (κ1) is 24.0. The fourth-order valence-electron chi connectivity index (χ4n) is 5.04. The number of benzene rings is 1. The van der Waals surface area contributed by atoms with Crippen LogP contribution in [0.2, 0.25) is 0 Å². The predicted molar refractivity (Wildman–Crippen MR) is 125 cm³/mol. The Balaban J connectivity index is 1.46. The summed E-state index contributed by atoms with van der Waals surface area (Å²) in [6, 6.07) is 3.48. The number of anilines is 1. The fourth-order valence-corrected chi connectivity index (χ4v) is 6.79. The Morgan fingerprint density at radius 2 is 2.00 bits per heavy atom. The highest BCUT2D eigenvalue weighted by molar-refractivity contribution is 7.89.